The minimum absolute atomic E-state index is 0.406. The zero-order chi connectivity index (χ0) is 15.6. The van der Waals surface area contributed by atoms with Crippen molar-refractivity contribution in [2.75, 3.05) is 7.05 Å². The Bertz CT molecular complexity index is 492. The first kappa shape index (κ1) is 16.1. The van der Waals surface area contributed by atoms with E-state index in [2.05, 4.69) is 10.1 Å². The summed E-state index contributed by atoms with van der Waals surface area (Å²) in [5, 5.41) is 4.03. The lowest BCUT2D eigenvalue weighted by Gasteiger charge is -2.34. The van der Waals surface area contributed by atoms with Gasteiger partial charge in [0, 0.05) is 13.6 Å². The minimum Gasteiger partial charge on any atom is -0.444 e. The van der Waals surface area contributed by atoms with Crippen LogP contribution in [-0.2, 0) is 21.6 Å². The van der Waals surface area contributed by atoms with Crippen LogP contribution in [0.3, 0.4) is 0 Å². The van der Waals surface area contributed by atoms with E-state index in [1.807, 2.05) is 6.92 Å². The van der Waals surface area contributed by atoms with Crippen molar-refractivity contribution >= 4 is 12.4 Å². The highest BCUT2D eigenvalue weighted by Gasteiger charge is 2.40. The molecule has 20 heavy (non-hydrogen) atoms. The summed E-state index contributed by atoms with van der Waals surface area (Å²) in [5.41, 5.74) is -1.86. The molecule has 0 aromatic carbocycles. The number of aromatic nitrogens is 3. The Morgan fingerprint density at radius 3 is 2.50 bits per heavy atom. The maximum atomic E-state index is 12.1. The van der Waals surface area contributed by atoms with Gasteiger partial charge >= 0.3 is 6.09 Å². The van der Waals surface area contributed by atoms with Gasteiger partial charge in [0.1, 0.15) is 11.9 Å². The van der Waals surface area contributed by atoms with Gasteiger partial charge in [0.25, 0.3) is 0 Å². The van der Waals surface area contributed by atoms with Gasteiger partial charge in [-0.15, -0.1) is 0 Å². The van der Waals surface area contributed by atoms with Crippen LogP contribution in [0.15, 0.2) is 6.33 Å². The number of nitrogens with zero attached hydrogens (tertiary/aromatic N) is 4. The molecule has 0 aliphatic heterocycles. The molecule has 0 bridgehead atoms. The third-order valence-electron chi connectivity index (χ3n) is 2.96. The van der Waals surface area contributed by atoms with Gasteiger partial charge in [-0.2, -0.15) is 5.10 Å². The number of ether oxygens (including phenoxy) is 1. The SMILES string of the molecule is CCn1ncnc1C(C)(C=O)N(C)C(=O)OC(C)(C)C. The second-order valence-electron chi connectivity index (χ2n) is 5.70. The highest BCUT2D eigenvalue weighted by Crippen LogP contribution is 2.25. The Balaban J connectivity index is 3.11. The number of amides is 1. The Kier molecular flexibility index (Phi) is 4.52. The van der Waals surface area contributed by atoms with E-state index in [0.29, 0.717) is 18.7 Å². The summed E-state index contributed by atoms with van der Waals surface area (Å²) < 4.78 is 6.87. The average molecular weight is 282 g/mol. The lowest BCUT2D eigenvalue weighted by molar-refractivity contribution is -0.118. The molecule has 112 valence electrons. The smallest absolute Gasteiger partial charge is 0.411 e. The van der Waals surface area contributed by atoms with Gasteiger partial charge in [0.15, 0.2) is 17.6 Å². The van der Waals surface area contributed by atoms with Crippen molar-refractivity contribution in [1.82, 2.24) is 19.7 Å². The monoisotopic (exact) mass is 282 g/mol. The highest BCUT2D eigenvalue weighted by molar-refractivity contribution is 5.76. The molecular weight excluding hydrogens is 260 g/mol. The first-order valence-corrected chi connectivity index (χ1v) is 6.47. The minimum atomic E-state index is -1.23. The normalized spacial score (nSPS) is 14.5. The number of hydrogen-bond acceptors (Lipinski definition) is 5. The molecule has 1 heterocycles. The van der Waals surface area contributed by atoms with Gasteiger partial charge in [-0.25, -0.2) is 14.5 Å². The number of aryl methyl sites for hydroxylation is 1. The summed E-state index contributed by atoms with van der Waals surface area (Å²) in [4.78, 5) is 29.1. The fraction of sp³-hybridized carbons (Fsp3) is 0.692. The van der Waals surface area contributed by atoms with Crippen LogP contribution >= 0.6 is 0 Å². The van der Waals surface area contributed by atoms with Crippen molar-refractivity contribution in [2.24, 2.45) is 0 Å². The maximum Gasteiger partial charge on any atom is 0.411 e. The van der Waals surface area contributed by atoms with Crippen molar-refractivity contribution in [3.8, 4) is 0 Å². The van der Waals surface area contributed by atoms with Crippen LogP contribution in [0, 0.1) is 0 Å². The molecule has 1 aromatic heterocycles. The number of carbonyl (C=O) groups is 2. The van der Waals surface area contributed by atoms with E-state index < -0.39 is 17.2 Å². The van der Waals surface area contributed by atoms with Crippen molar-refractivity contribution in [3.63, 3.8) is 0 Å². The van der Waals surface area contributed by atoms with Gasteiger partial charge in [-0.3, -0.25) is 4.90 Å². The molecule has 0 aliphatic rings. The van der Waals surface area contributed by atoms with Crippen LogP contribution in [0.2, 0.25) is 0 Å². The van der Waals surface area contributed by atoms with Crippen LogP contribution in [0.1, 0.15) is 40.4 Å². The van der Waals surface area contributed by atoms with Crippen LogP contribution < -0.4 is 0 Å². The fourth-order valence-electron chi connectivity index (χ4n) is 1.69. The summed E-state index contributed by atoms with van der Waals surface area (Å²) in [5.74, 6) is 0.406. The number of aldehydes is 1. The van der Waals surface area contributed by atoms with Crippen molar-refractivity contribution in [3.05, 3.63) is 12.2 Å². The summed E-state index contributed by atoms with van der Waals surface area (Å²) in [6, 6.07) is 0. The largest absolute Gasteiger partial charge is 0.444 e. The van der Waals surface area contributed by atoms with Gasteiger partial charge in [0.2, 0.25) is 0 Å². The van der Waals surface area contributed by atoms with E-state index in [1.54, 1.807) is 32.4 Å². The van der Waals surface area contributed by atoms with E-state index in [9.17, 15) is 9.59 Å². The fourth-order valence-corrected chi connectivity index (χ4v) is 1.69. The van der Waals surface area contributed by atoms with Gasteiger partial charge in [0.05, 0.1) is 0 Å². The number of rotatable bonds is 4. The maximum absolute atomic E-state index is 12.1. The zero-order valence-corrected chi connectivity index (χ0v) is 12.9. The Morgan fingerprint density at radius 1 is 1.45 bits per heavy atom. The van der Waals surface area contributed by atoms with E-state index in [1.165, 1.54) is 18.3 Å². The lowest BCUT2D eigenvalue weighted by Crippen LogP contribution is -2.49. The van der Waals surface area contributed by atoms with Crippen LogP contribution in [0.4, 0.5) is 4.79 Å². The third-order valence-corrected chi connectivity index (χ3v) is 2.96. The molecule has 1 atom stereocenters. The molecule has 7 heteroatoms. The van der Waals surface area contributed by atoms with Crippen molar-refractivity contribution in [2.45, 2.75) is 52.3 Å². The lowest BCUT2D eigenvalue weighted by atomic mass is 10.0. The zero-order valence-electron chi connectivity index (χ0n) is 12.9. The highest BCUT2D eigenvalue weighted by atomic mass is 16.6. The van der Waals surface area contributed by atoms with Crippen LogP contribution in [0.5, 0.6) is 0 Å². The molecule has 0 spiro atoms. The number of carbonyl (C=O) groups excluding carboxylic acids is 2. The quantitative estimate of drug-likeness (QED) is 0.783. The molecular formula is C13H22N4O3. The number of likely N-dealkylation sites (N-methyl/N-ethyl adjacent to an activating group) is 1. The molecule has 0 saturated carbocycles. The molecule has 7 nitrogen and oxygen atoms in total. The number of hydrogen-bond donors (Lipinski definition) is 0. The molecule has 1 unspecified atom stereocenters. The van der Waals surface area contributed by atoms with E-state index in [4.69, 9.17) is 4.74 Å². The van der Waals surface area contributed by atoms with E-state index in [-0.39, 0.29) is 0 Å². The van der Waals surface area contributed by atoms with Crippen molar-refractivity contribution < 1.29 is 14.3 Å². The predicted octanol–water partition coefficient (Wildman–Crippen LogP) is 1.58. The Labute approximate surface area is 118 Å². The second-order valence-corrected chi connectivity index (χ2v) is 5.70. The molecule has 0 N–H and O–H groups in total. The molecule has 0 fully saturated rings. The van der Waals surface area contributed by atoms with Gasteiger partial charge in [-0.05, 0) is 34.6 Å². The Morgan fingerprint density at radius 2 is 2.05 bits per heavy atom. The predicted molar refractivity (Wildman–Crippen MR) is 73.1 cm³/mol. The first-order valence-electron chi connectivity index (χ1n) is 6.47. The first-order chi connectivity index (χ1) is 9.15. The molecule has 0 aliphatic carbocycles. The molecule has 0 saturated heterocycles. The molecule has 0 radical (unpaired) electrons. The van der Waals surface area contributed by atoms with Crippen LogP contribution in [0.25, 0.3) is 0 Å². The van der Waals surface area contributed by atoms with Gasteiger partial charge < -0.3 is 9.53 Å². The third kappa shape index (κ3) is 3.15. The topological polar surface area (TPSA) is 77.3 Å². The van der Waals surface area contributed by atoms with Crippen molar-refractivity contribution in [1.29, 1.82) is 0 Å². The Hall–Kier alpha value is -1.92. The summed E-state index contributed by atoms with van der Waals surface area (Å²) in [6.07, 6.45) is 1.45. The summed E-state index contributed by atoms with van der Waals surface area (Å²) >= 11 is 0. The van der Waals surface area contributed by atoms with Crippen LogP contribution in [-0.4, -0.2) is 44.7 Å². The second kappa shape index (κ2) is 5.60. The molecule has 1 amide bonds. The summed E-state index contributed by atoms with van der Waals surface area (Å²) in [6.45, 7) is 9.36. The standard InChI is InChI=1S/C13H22N4O3/c1-7-17-10(14-9-15-17)13(5,8-18)16(6)11(19)20-12(2,3)4/h8-9H,7H2,1-6H3. The average Bonchev–Trinajstić information content (AvgIpc) is 2.83. The summed E-state index contributed by atoms with van der Waals surface area (Å²) in [7, 11) is 1.51. The molecule has 1 rings (SSSR count). The van der Waals surface area contributed by atoms with E-state index >= 15 is 0 Å². The van der Waals surface area contributed by atoms with E-state index in [0.717, 1.165) is 0 Å². The molecule has 1 aromatic rings. The van der Waals surface area contributed by atoms with Gasteiger partial charge in [-0.1, -0.05) is 0 Å².